The molecule has 2 N–H and O–H groups in total. The highest BCUT2D eigenvalue weighted by Gasteiger charge is 2.18. The van der Waals surface area contributed by atoms with Gasteiger partial charge >= 0.3 is 0 Å². The number of hydrogen-bond acceptors (Lipinski definition) is 9. The third-order valence-corrected chi connectivity index (χ3v) is 7.04. The number of aromatic nitrogens is 5. The van der Waals surface area contributed by atoms with E-state index in [9.17, 15) is 9.59 Å². The third kappa shape index (κ3) is 7.39. The Labute approximate surface area is 229 Å². The van der Waals surface area contributed by atoms with Gasteiger partial charge in [-0.25, -0.2) is 0 Å². The van der Waals surface area contributed by atoms with Gasteiger partial charge in [0, 0.05) is 11.3 Å². The number of thioether (sulfide) groups is 1. The molecule has 198 valence electrons. The van der Waals surface area contributed by atoms with Crippen LogP contribution in [0.4, 0.5) is 5.13 Å². The highest BCUT2D eigenvalue weighted by Crippen LogP contribution is 2.24. The van der Waals surface area contributed by atoms with Crippen molar-refractivity contribution in [2.45, 2.75) is 45.3 Å². The zero-order chi connectivity index (χ0) is 26.9. The number of amides is 2. The number of aryl methyl sites for hydroxylation is 2. The summed E-state index contributed by atoms with van der Waals surface area (Å²) in [6, 6.07) is 14.9. The van der Waals surface area contributed by atoms with Crippen LogP contribution in [0.15, 0.2) is 53.7 Å². The van der Waals surface area contributed by atoms with Crippen LogP contribution in [0.3, 0.4) is 0 Å². The molecule has 2 aromatic carbocycles. The second-order valence-corrected chi connectivity index (χ2v) is 10.6. The lowest BCUT2D eigenvalue weighted by Gasteiger charge is -2.12. The van der Waals surface area contributed by atoms with Crippen LogP contribution in [0, 0.1) is 13.8 Å². The first-order valence-electron chi connectivity index (χ1n) is 12.2. The Morgan fingerprint density at radius 3 is 2.58 bits per heavy atom. The Bertz CT molecular complexity index is 1390. The van der Waals surface area contributed by atoms with Gasteiger partial charge in [0.1, 0.15) is 10.8 Å². The molecular formula is C26H29N7O3S2. The zero-order valence-electron chi connectivity index (χ0n) is 21.4. The summed E-state index contributed by atoms with van der Waals surface area (Å²) in [6.07, 6.45) is 2.04. The highest BCUT2D eigenvalue weighted by molar-refractivity contribution is 7.99. The molecule has 4 aromatic rings. The lowest BCUT2D eigenvalue weighted by molar-refractivity contribution is -0.113. The van der Waals surface area contributed by atoms with E-state index in [2.05, 4.69) is 38.0 Å². The predicted octanol–water partition coefficient (Wildman–Crippen LogP) is 4.58. The number of ether oxygens (including phenoxy) is 1. The van der Waals surface area contributed by atoms with E-state index >= 15 is 0 Å². The quantitative estimate of drug-likeness (QED) is 0.194. The number of nitrogens with one attached hydrogen (secondary N) is 2. The molecule has 4 rings (SSSR count). The lowest BCUT2D eigenvalue weighted by atomic mass is 10.2. The smallest absolute Gasteiger partial charge is 0.251 e. The summed E-state index contributed by atoms with van der Waals surface area (Å²) in [5.41, 5.74) is 2.43. The van der Waals surface area contributed by atoms with Crippen LogP contribution >= 0.6 is 23.1 Å². The number of unbranched alkanes of at least 4 members (excludes halogenated alkanes) is 1. The summed E-state index contributed by atoms with van der Waals surface area (Å²) < 4.78 is 7.52. The Hall–Kier alpha value is -3.77. The molecule has 0 bridgehead atoms. The summed E-state index contributed by atoms with van der Waals surface area (Å²) in [5.74, 6) is 0.945. The van der Waals surface area contributed by atoms with Gasteiger partial charge in [0.25, 0.3) is 5.91 Å². The van der Waals surface area contributed by atoms with Crippen molar-refractivity contribution in [3.63, 3.8) is 0 Å². The van der Waals surface area contributed by atoms with Gasteiger partial charge in [-0.15, -0.1) is 20.4 Å². The van der Waals surface area contributed by atoms with E-state index in [1.54, 1.807) is 24.3 Å². The maximum absolute atomic E-state index is 12.8. The molecule has 0 saturated carbocycles. The molecule has 0 aliphatic heterocycles. The van der Waals surface area contributed by atoms with Crippen LogP contribution in [0.1, 0.15) is 46.5 Å². The minimum absolute atomic E-state index is 0.113. The molecule has 12 heteroatoms. The fraction of sp³-hybridized carbons (Fsp3) is 0.308. The van der Waals surface area contributed by atoms with Gasteiger partial charge in [0.15, 0.2) is 11.0 Å². The van der Waals surface area contributed by atoms with Gasteiger partial charge in [-0.1, -0.05) is 48.6 Å². The van der Waals surface area contributed by atoms with Crippen molar-refractivity contribution in [3.8, 4) is 11.4 Å². The van der Waals surface area contributed by atoms with Gasteiger partial charge in [-0.05, 0) is 62.2 Å². The number of hydrogen-bond donors (Lipinski definition) is 2. The van der Waals surface area contributed by atoms with Crippen molar-refractivity contribution in [1.82, 2.24) is 30.3 Å². The Morgan fingerprint density at radius 1 is 1.05 bits per heavy atom. The summed E-state index contributed by atoms with van der Waals surface area (Å²) >= 11 is 2.56. The van der Waals surface area contributed by atoms with Crippen LogP contribution in [0.5, 0.6) is 5.75 Å². The number of carbonyl (C=O) groups is 2. The second-order valence-electron chi connectivity index (χ2n) is 8.45. The molecule has 0 radical (unpaired) electrons. The number of rotatable bonds is 12. The molecule has 10 nitrogen and oxygen atoms in total. The minimum Gasteiger partial charge on any atom is -0.494 e. The first kappa shape index (κ1) is 27.3. The fourth-order valence-corrected chi connectivity index (χ4v) is 4.84. The maximum Gasteiger partial charge on any atom is 0.251 e. The van der Waals surface area contributed by atoms with E-state index in [0.29, 0.717) is 28.3 Å². The van der Waals surface area contributed by atoms with Gasteiger partial charge in [0.05, 0.1) is 18.9 Å². The van der Waals surface area contributed by atoms with Crippen molar-refractivity contribution in [2.24, 2.45) is 0 Å². The molecule has 2 amide bonds. The summed E-state index contributed by atoms with van der Waals surface area (Å²) in [5, 5.41) is 23.9. The number of anilines is 1. The van der Waals surface area contributed by atoms with E-state index in [4.69, 9.17) is 4.74 Å². The van der Waals surface area contributed by atoms with Crippen molar-refractivity contribution >= 4 is 40.0 Å². The zero-order valence-corrected chi connectivity index (χ0v) is 23.1. The van der Waals surface area contributed by atoms with Gasteiger partial charge in [-0.2, -0.15) is 0 Å². The first-order valence-corrected chi connectivity index (χ1v) is 14.0. The summed E-state index contributed by atoms with van der Waals surface area (Å²) in [6.45, 7) is 6.74. The van der Waals surface area contributed by atoms with Crippen LogP contribution in [0.25, 0.3) is 5.69 Å². The van der Waals surface area contributed by atoms with Gasteiger partial charge in [-0.3, -0.25) is 19.5 Å². The number of benzene rings is 2. The van der Waals surface area contributed by atoms with E-state index in [1.807, 2.05) is 42.7 Å². The van der Waals surface area contributed by atoms with E-state index in [0.717, 1.165) is 34.8 Å². The average Bonchev–Trinajstić information content (AvgIpc) is 3.51. The Morgan fingerprint density at radius 2 is 1.87 bits per heavy atom. The summed E-state index contributed by atoms with van der Waals surface area (Å²) in [4.78, 5) is 25.3. The van der Waals surface area contributed by atoms with Crippen LogP contribution in [0.2, 0.25) is 0 Å². The molecule has 0 aliphatic carbocycles. The molecule has 0 spiro atoms. The standard InChI is InChI=1S/C26H29N7O3S2/c1-4-5-13-36-21-11-9-19(10-12-21)24(35)27-15-22-30-32-26(33(22)20-8-6-7-17(2)14-20)37-16-23(34)28-25-31-29-18(3)38-25/h6-12,14H,4-5,13,15-16H2,1-3H3,(H,27,35)(H,28,31,34). The molecule has 0 saturated heterocycles. The molecule has 2 aromatic heterocycles. The van der Waals surface area contributed by atoms with Crippen molar-refractivity contribution in [3.05, 3.63) is 70.5 Å². The van der Waals surface area contributed by atoms with Crippen LogP contribution in [-0.4, -0.2) is 49.1 Å². The van der Waals surface area contributed by atoms with Crippen molar-refractivity contribution in [1.29, 1.82) is 0 Å². The van der Waals surface area contributed by atoms with E-state index in [-0.39, 0.29) is 24.1 Å². The van der Waals surface area contributed by atoms with Gasteiger partial charge in [0.2, 0.25) is 11.0 Å². The average molecular weight is 552 g/mol. The molecule has 0 aliphatic rings. The number of nitrogens with zero attached hydrogens (tertiary/aromatic N) is 5. The maximum atomic E-state index is 12.8. The molecule has 0 fully saturated rings. The lowest BCUT2D eigenvalue weighted by Crippen LogP contribution is -2.24. The molecule has 38 heavy (non-hydrogen) atoms. The van der Waals surface area contributed by atoms with Crippen LogP contribution < -0.4 is 15.4 Å². The Balaban J connectivity index is 1.44. The highest BCUT2D eigenvalue weighted by atomic mass is 32.2. The normalized spacial score (nSPS) is 10.8. The molecule has 0 atom stereocenters. The topological polar surface area (TPSA) is 124 Å². The van der Waals surface area contributed by atoms with Gasteiger partial charge < -0.3 is 10.1 Å². The Kier molecular flexibility index (Phi) is 9.44. The first-order chi connectivity index (χ1) is 18.4. The van der Waals surface area contributed by atoms with Crippen molar-refractivity contribution in [2.75, 3.05) is 17.7 Å². The number of carbonyl (C=O) groups excluding carboxylic acids is 2. The monoisotopic (exact) mass is 551 g/mol. The largest absolute Gasteiger partial charge is 0.494 e. The van der Waals surface area contributed by atoms with Crippen molar-refractivity contribution < 1.29 is 14.3 Å². The summed E-state index contributed by atoms with van der Waals surface area (Å²) in [7, 11) is 0. The SMILES string of the molecule is CCCCOc1ccc(C(=O)NCc2nnc(SCC(=O)Nc3nnc(C)s3)n2-c2cccc(C)c2)cc1. The van der Waals surface area contributed by atoms with Crippen LogP contribution in [-0.2, 0) is 11.3 Å². The molecule has 2 heterocycles. The predicted molar refractivity (Wildman–Crippen MR) is 148 cm³/mol. The molecular weight excluding hydrogens is 522 g/mol. The fourth-order valence-electron chi connectivity index (χ4n) is 3.47. The third-order valence-electron chi connectivity index (χ3n) is 5.36. The van der Waals surface area contributed by atoms with E-state index < -0.39 is 0 Å². The van der Waals surface area contributed by atoms with E-state index in [1.165, 1.54) is 23.1 Å². The minimum atomic E-state index is -0.232. The molecule has 0 unspecified atom stereocenters. The second kappa shape index (κ2) is 13.2.